The van der Waals surface area contributed by atoms with Gasteiger partial charge < -0.3 is 5.73 Å². The van der Waals surface area contributed by atoms with Crippen LogP contribution in [-0.2, 0) is 6.18 Å². The Bertz CT molecular complexity index is 606. The van der Waals surface area contributed by atoms with Gasteiger partial charge in [0.2, 0.25) is 5.78 Å². The number of rotatable bonds is 2. The van der Waals surface area contributed by atoms with Crippen molar-refractivity contribution in [1.29, 1.82) is 0 Å². The van der Waals surface area contributed by atoms with Gasteiger partial charge in [-0.2, -0.15) is 13.2 Å². The number of carbonyl (C=O) groups is 1. The molecule has 1 heterocycles. The predicted octanol–water partition coefficient (Wildman–Crippen LogP) is 2.91. The summed E-state index contributed by atoms with van der Waals surface area (Å²) in [5, 5.41) is 0. The average Bonchev–Trinajstić information content (AvgIpc) is 2.38. The van der Waals surface area contributed by atoms with Crippen molar-refractivity contribution < 1.29 is 18.0 Å². The van der Waals surface area contributed by atoms with E-state index in [0.29, 0.717) is 6.20 Å². The van der Waals surface area contributed by atoms with Crippen LogP contribution >= 0.6 is 0 Å². The number of anilines is 1. The molecule has 0 aliphatic carbocycles. The molecule has 0 fully saturated rings. The normalized spacial score (nSPS) is 11.3. The molecule has 0 saturated heterocycles. The van der Waals surface area contributed by atoms with Crippen LogP contribution in [0.15, 0.2) is 42.6 Å². The summed E-state index contributed by atoms with van der Waals surface area (Å²) < 4.78 is 37.1. The molecule has 1 aromatic carbocycles. The maximum atomic E-state index is 12.4. The zero-order chi connectivity index (χ0) is 14.0. The second kappa shape index (κ2) is 4.72. The molecule has 2 aromatic rings. The minimum Gasteiger partial charge on any atom is -0.398 e. The lowest BCUT2D eigenvalue weighted by atomic mass is 10.1. The van der Waals surface area contributed by atoms with Crippen LogP contribution in [0.3, 0.4) is 0 Å². The number of ketones is 1. The van der Waals surface area contributed by atoms with Crippen molar-refractivity contribution >= 4 is 11.5 Å². The number of benzene rings is 1. The zero-order valence-electron chi connectivity index (χ0n) is 9.61. The molecule has 0 bridgehead atoms. The van der Waals surface area contributed by atoms with Gasteiger partial charge in [-0.05, 0) is 24.3 Å². The lowest BCUT2D eigenvalue weighted by Crippen LogP contribution is -2.10. The average molecular weight is 266 g/mol. The topological polar surface area (TPSA) is 56.0 Å². The van der Waals surface area contributed by atoms with Gasteiger partial charge >= 0.3 is 6.18 Å². The van der Waals surface area contributed by atoms with Crippen molar-refractivity contribution in [3.63, 3.8) is 0 Å². The van der Waals surface area contributed by atoms with E-state index in [1.54, 1.807) is 12.1 Å². The van der Waals surface area contributed by atoms with Crippen molar-refractivity contribution in [3.8, 4) is 0 Å². The molecule has 1 aromatic heterocycles. The summed E-state index contributed by atoms with van der Waals surface area (Å²) >= 11 is 0. The van der Waals surface area contributed by atoms with Crippen molar-refractivity contribution in [2.45, 2.75) is 6.18 Å². The molecular weight excluding hydrogens is 257 g/mol. The number of carbonyl (C=O) groups excluding carboxylic acids is 1. The summed E-state index contributed by atoms with van der Waals surface area (Å²) in [5.41, 5.74) is 5.13. The van der Waals surface area contributed by atoms with E-state index < -0.39 is 17.5 Å². The summed E-state index contributed by atoms with van der Waals surface area (Å²) in [6.07, 6.45) is -3.84. The summed E-state index contributed by atoms with van der Waals surface area (Å²) in [5.74, 6) is -0.508. The number of pyridine rings is 1. The van der Waals surface area contributed by atoms with Crippen LogP contribution in [0.25, 0.3) is 0 Å². The first-order valence-electron chi connectivity index (χ1n) is 5.32. The predicted molar refractivity (Wildman–Crippen MR) is 63.5 cm³/mol. The number of alkyl halides is 3. The van der Waals surface area contributed by atoms with Gasteiger partial charge in [-0.1, -0.05) is 12.1 Å². The fourth-order valence-electron chi connectivity index (χ4n) is 1.54. The van der Waals surface area contributed by atoms with Crippen LogP contribution in [-0.4, -0.2) is 10.8 Å². The van der Waals surface area contributed by atoms with E-state index in [1.807, 2.05) is 0 Å². The number of hydrogen-bond acceptors (Lipinski definition) is 3. The van der Waals surface area contributed by atoms with Crippen molar-refractivity contribution in [1.82, 2.24) is 4.98 Å². The number of halogens is 3. The molecule has 0 saturated carbocycles. The SMILES string of the molecule is Nc1ccccc1C(=O)c1ccc(C(F)(F)F)cn1. The molecule has 0 aliphatic rings. The number of nitrogens with two attached hydrogens (primary N) is 1. The monoisotopic (exact) mass is 266 g/mol. The van der Waals surface area contributed by atoms with Gasteiger partial charge in [-0.15, -0.1) is 0 Å². The van der Waals surface area contributed by atoms with Crippen LogP contribution in [0.4, 0.5) is 18.9 Å². The van der Waals surface area contributed by atoms with E-state index >= 15 is 0 Å². The molecule has 0 aliphatic heterocycles. The van der Waals surface area contributed by atoms with E-state index in [2.05, 4.69) is 4.98 Å². The minimum atomic E-state index is -4.47. The Morgan fingerprint density at radius 1 is 1.11 bits per heavy atom. The molecule has 3 nitrogen and oxygen atoms in total. The molecule has 98 valence electrons. The summed E-state index contributed by atoms with van der Waals surface area (Å²) in [6.45, 7) is 0. The van der Waals surface area contributed by atoms with E-state index in [-0.39, 0.29) is 16.9 Å². The zero-order valence-corrected chi connectivity index (χ0v) is 9.61. The van der Waals surface area contributed by atoms with Gasteiger partial charge in [-0.25, -0.2) is 0 Å². The van der Waals surface area contributed by atoms with Gasteiger partial charge in [0.1, 0.15) is 5.69 Å². The third-order valence-electron chi connectivity index (χ3n) is 2.53. The van der Waals surface area contributed by atoms with Gasteiger partial charge in [0.05, 0.1) is 5.56 Å². The molecule has 6 heteroatoms. The third kappa shape index (κ3) is 2.73. The van der Waals surface area contributed by atoms with Gasteiger partial charge in [0.15, 0.2) is 0 Å². The van der Waals surface area contributed by atoms with Crippen molar-refractivity contribution in [2.24, 2.45) is 0 Å². The standard InChI is InChI=1S/C13H9F3N2O/c14-13(15,16)8-5-6-11(18-7-8)12(19)9-3-1-2-4-10(9)17/h1-7H,17H2. The van der Waals surface area contributed by atoms with Gasteiger partial charge in [0.25, 0.3) is 0 Å². The Morgan fingerprint density at radius 3 is 2.32 bits per heavy atom. The van der Waals surface area contributed by atoms with Gasteiger partial charge in [0, 0.05) is 17.4 Å². The number of hydrogen-bond donors (Lipinski definition) is 1. The Morgan fingerprint density at radius 2 is 1.79 bits per heavy atom. The molecule has 19 heavy (non-hydrogen) atoms. The molecule has 2 N–H and O–H groups in total. The molecule has 0 amide bonds. The summed E-state index contributed by atoms with van der Waals surface area (Å²) in [6, 6.07) is 8.17. The van der Waals surface area contributed by atoms with Crippen molar-refractivity contribution in [3.05, 3.63) is 59.4 Å². The Balaban J connectivity index is 2.34. The maximum Gasteiger partial charge on any atom is 0.417 e. The first kappa shape index (κ1) is 13.1. The van der Waals surface area contributed by atoms with E-state index in [1.165, 1.54) is 12.1 Å². The first-order valence-corrected chi connectivity index (χ1v) is 5.32. The lowest BCUT2D eigenvalue weighted by Gasteiger charge is -2.07. The Hall–Kier alpha value is -2.37. The number of para-hydroxylation sites is 1. The largest absolute Gasteiger partial charge is 0.417 e. The number of nitrogens with zero attached hydrogens (tertiary/aromatic N) is 1. The van der Waals surface area contributed by atoms with Crippen LogP contribution < -0.4 is 5.73 Å². The molecule has 0 atom stereocenters. The van der Waals surface area contributed by atoms with Crippen LogP contribution in [0.5, 0.6) is 0 Å². The van der Waals surface area contributed by atoms with Crippen LogP contribution in [0.1, 0.15) is 21.6 Å². The van der Waals surface area contributed by atoms with E-state index in [0.717, 1.165) is 12.1 Å². The van der Waals surface area contributed by atoms with Crippen LogP contribution in [0, 0.1) is 0 Å². The Labute approximate surface area is 106 Å². The second-order valence-corrected chi connectivity index (χ2v) is 3.85. The molecule has 0 radical (unpaired) electrons. The minimum absolute atomic E-state index is 0.0779. The fraction of sp³-hybridized carbons (Fsp3) is 0.0769. The van der Waals surface area contributed by atoms with Crippen LogP contribution in [0.2, 0.25) is 0 Å². The molecule has 2 rings (SSSR count). The highest BCUT2D eigenvalue weighted by Gasteiger charge is 2.31. The Kier molecular flexibility index (Phi) is 3.25. The number of aromatic nitrogens is 1. The molecule has 0 unspecified atom stereocenters. The summed E-state index contributed by atoms with van der Waals surface area (Å²) in [7, 11) is 0. The highest BCUT2D eigenvalue weighted by Crippen LogP contribution is 2.28. The maximum absolute atomic E-state index is 12.4. The smallest absolute Gasteiger partial charge is 0.398 e. The van der Waals surface area contributed by atoms with E-state index in [4.69, 9.17) is 5.73 Å². The highest BCUT2D eigenvalue weighted by molar-refractivity contribution is 6.10. The lowest BCUT2D eigenvalue weighted by molar-refractivity contribution is -0.137. The van der Waals surface area contributed by atoms with Crippen molar-refractivity contribution in [2.75, 3.05) is 5.73 Å². The molecule has 0 spiro atoms. The second-order valence-electron chi connectivity index (χ2n) is 3.85. The van der Waals surface area contributed by atoms with E-state index in [9.17, 15) is 18.0 Å². The molecular formula is C13H9F3N2O. The first-order chi connectivity index (χ1) is 8.89. The third-order valence-corrected chi connectivity index (χ3v) is 2.53. The highest BCUT2D eigenvalue weighted by atomic mass is 19.4. The quantitative estimate of drug-likeness (QED) is 0.671. The van der Waals surface area contributed by atoms with Gasteiger partial charge in [-0.3, -0.25) is 9.78 Å². The fourth-order valence-corrected chi connectivity index (χ4v) is 1.54. The summed E-state index contributed by atoms with van der Waals surface area (Å²) in [4.78, 5) is 15.5. The number of nitrogen functional groups attached to an aromatic ring is 1.